The van der Waals surface area contributed by atoms with Crippen LogP contribution < -0.4 is 0 Å². The Kier molecular flexibility index (Phi) is 9.03. The molecule has 5 atom stereocenters. The average Bonchev–Trinajstić information content (AvgIpc) is 3.06. The number of hydrogen-bond donors (Lipinski definition) is 0. The highest BCUT2D eigenvalue weighted by molar-refractivity contribution is 5.99. The van der Waals surface area contributed by atoms with Crippen molar-refractivity contribution in [1.29, 1.82) is 0 Å². The summed E-state index contributed by atoms with van der Waals surface area (Å²) in [4.78, 5) is 9.21. The lowest BCUT2D eigenvalue weighted by Gasteiger charge is -2.47. The van der Waals surface area contributed by atoms with Gasteiger partial charge in [0.15, 0.2) is 0 Å². The number of nitrogens with zero attached hydrogens (tertiary/aromatic N) is 2. The number of rotatable bonds is 9. The Morgan fingerprint density at radius 1 is 0.814 bits per heavy atom. The van der Waals surface area contributed by atoms with Gasteiger partial charge in [-0.1, -0.05) is 118 Å². The molecule has 0 saturated carbocycles. The SMILES string of the molecule is CCCCC1C(C)C(c2cccc3c(-c4ccnc(-c5ccccn5)c4)cccc23)C(CCC)=C(C)C1C1C=CC=CC1. The van der Waals surface area contributed by atoms with Gasteiger partial charge in [0.05, 0.1) is 11.4 Å². The van der Waals surface area contributed by atoms with Crippen molar-refractivity contribution in [2.45, 2.75) is 72.1 Å². The molecule has 6 rings (SSSR count). The standard InChI is InChI=1S/C41H46N2/c1-5-7-18-33-29(4)41(32(15-6-2)28(3)40(33)30-16-9-8-10-17-30)37-22-14-20-35-34(19-13-21-36(35)37)31-24-26-43-39(27-31)38-23-11-12-25-42-38/h8-14,16,19-27,29-30,33,40-41H,5-7,15,17-18H2,1-4H3. The van der Waals surface area contributed by atoms with E-state index in [0.717, 1.165) is 11.4 Å². The van der Waals surface area contributed by atoms with Crippen molar-refractivity contribution < 1.29 is 0 Å². The predicted molar refractivity (Wildman–Crippen MR) is 183 cm³/mol. The third-order valence-corrected chi connectivity index (χ3v) is 10.2. The summed E-state index contributed by atoms with van der Waals surface area (Å²) in [6, 6.07) is 24.3. The number of aromatic nitrogens is 2. The highest BCUT2D eigenvalue weighted by Gasteiger charge is 2.43. The first-order valence-electron chi connectivity index (χ1n) is 16.5. The Labute approximate surface area is 258 Å². The van der Waals surface area contributed by atoms with E-state index in [2.05, 4.69) is 110 Å². The monoisotopic (exact) mass is 566 g/mol. The first-order valence-corrected chi connectivity index (χ1v) is 16.5. The van der Waals surface area contributed by atoms with Crippen LogP contribution in [0, 0.1) is 23.7 Å². The maximum Gasteiger partial charge on any atom is 0.0892 e. The summed E-state index contributed by atoms with van der Waals surface area (Å²) < 4.78 is 0. The normalized spacial score (nSPS) is 23.7. The molecule has 43 heavy (non-hydrogen) atoms. The molecule has 0 radical (unpaired) electrons. The van der Waals surface area contributed by atoms with Crippen LogP contribution in [0.2, 0.25) is 0 Å². The molecule has 220 valence electrons. The van der Waals surface area contributed by atoms with Gasteiger partial charge in [0, 0.05) is 18.3 Å². The molecule has 0 spiro atoms. The number of benzene rings is 2. The fourth-order valence-corrected chi connectivity index (χ4v) is 8.26. The zero-order chi connectivity index (χ0) is 29.8. The van der Waals surface area contributed by atoms with Gasteiger partial charge >= 0.3 is 0 Å². The van der Waals surface area contributed by atoms with Gasteiger partial charge in [0.1, 0.15) is 0 Å². The Balaban J connectivity index is 1.48. The quantitative estimate of drug-likeness (QED) is 0.188. The van der Waals surface area contributed by atoms with Gasteiger partial charge in [0.25, 0.3) is 0 Å². The molecule has 0 bridgehead atoms. The maximum atomic E-state index is 4.66. The highest BCUT2D eigenvalue weighted by Crippen LogP contribution is 2.54. The predicted octanol–water partition coefficient (Wildman–Crippen LogP) is 11.4. The maximum absolute atomic E-state index is 4.66. The summed E-state index contributed by atoms with van der Waals surface area (Å²) in [5.74, 6) is 2.97. The fourth-order valence-electron chi connectivity index (χ4n) is 8.26. The number of allylic oxidation sites excluding steroid dienone is 6. The fraction of sp³-hybridized carbons (Fsp3) is 0.366. The zero-order valence-electron chi connectivity index (χ0n) is 26.3. The first-order chi connectivity index (χ1) is 21.1. The van der Waals surface area contributed by atoms with Gasteiger partial charge in [-0.15, -0.1) is 0 Å². The van der Waals surface area contributed by atoms with Crippen LogP contribution in [-0.2, 0) is 0 Å². The van der Waals surface area contributed by atoms with Crippen LogP contribution in [0.25, 0.3) is 33.3 Å². The molecule has 0 aliphatic heterocycles. The van der Waals surface area contributed by atoms with Gasteiger partial charge in [-0.2, -0.15) is 0 Å². The van der Waals surface area contributed by atoms with E-state index in [9.17, 15) is 0 Å². The summed E-state index contributed by atoms with van der Waals surface area (Å²) in [6.45, 7) is 9.77. The molecule has 2 heterocycles. The van der Waals surface area contributed by atoms with Crippen LogP contribution in [0.15, 0.2) is 115 Å². The lowest BCUT2D eigenvalue weighted by atomic mass is 9.57. The molecule has 2 aromatic carbocycles. The van der Waals surface area contributed by atoms with Crippen molar-refractivity contribution in [3.8, 4) is 22.5 Å². The molecule has 0 N–H and O–H groups in total. The summed E-state index contributed by atoms with van der Waals surface area (Å²) in [5.41, 5.74) is 9.16. The van der Waals surface area contributed by atoms with Crippen molar-refractivity contribution >= 4 is 10.8 Å². The Morgan fingerprint density at radius 3 is 2.42 bits per heavy atom. The van der Waals surface area contributed by atoms with Crippen molar-refractivity contribution in [2.24, 2.45) is 23.7 Å². The second-order valence-corrected chi connectivity index (χ2v) is 12.7. The summed E-state index contributed by atoms with van der Waals surface area (Å²) in [5, 5.41) is 2.72. The lowest BCUT2D eigenvalue weighted by Crippen LogP contribution is -2.37. The van der Waals surface area contributed by atoms with Crippen LogP contribution in [0.5, 0.6) is 0 Å². The van der Waals surface area contributed by atoms with Crippen molar-refractivity contribution in [3.05, 3.63) is 120 Å². The minimum atomic E-state index is 0.446. The number of pyridine rings is 2. The van der Waals surface area contributed by atoms with Crippen molar-refractivity contribution in [1.82, 2.24) is 9.97 Å². The molecule has 2 aliphatic rings. The van der Waals surface area contributed by atoms with Crippen LogP contribution in [0.3, 0.4) is 0 Å². The smallest absolute Gasteiger partial charge is 0.0892 e. The Hall–Kier alpha value is -3.78. The zero-order valence-corrected chi connectivity index (χ0v) is 26.3. The van der Waals surface area contributed by atoms with E-state index >= 15 is 0 Å². The molecule has 2 aliphatic carbocycles. The summed E-state index contributed by atoms with van der Waals surface area (Å²) >= 11 is 0. The van der Waals surface area contributed by atoms with Crippen LogP contribution >= 0.6 is 0 Å². The van der Waals surface area contributed by atoms with E-state index in [0.29, 0.717) is 29.6 Å². The molecular weight excluding hydrogens is 520 g/mol. The van der Waals surface area contributed by atoms with Crippen LogP contribution in [-0.4, -0.2) is 9.97 Å². The Bertz CT molecular complexity index is 1640. The van der Waals surface area contributed by atoms with Crippen molar-refractivity contribution in [2.75, 3.05) is 0 Å². The average molecular weight is 567 g/mol. The van der Waals surface area contributed by atoms with Gasteiger partial charge in [-0.25, -0.2) is 0 Å². The molecule has 0 amide bonds. The van der Waals surface area contributed by atoms with Crippen LogP contribution in [0.4, 0.5) is 0 Å². The van der Waals surface area contributed by atoms with E-state index in [1.165, 1.54) is 66.0 Å². The van der Waals surface area contributed by atoms with Gasteiger partial charge in [0.2, 0.25) is 0 Å². The van der Waals surface area contributed by atoms with Crippen LogP contribution in [0.1, 0.15) is 77.7 Å². The molecule has 2 nitrogen and oxygen atoms in total. The largest absolute Gasteiger partial charge is 0.255 e. The minimum Gasteiger partial charge on any atom is -0.255 e. The molecule has 2 aromatic heterocycles. The molecule has 0 saturated heterocycles. The number of hydrogen-bond acceptors (Lipinski definition) is 2. The lowest BCUT2D eigenvalue weighted by molar-refractivity contribution is 0.168. The molecular formula is C41H46N2. The molecule has 2 heteroatoms. The molecule has 4 aromatic rings. The van der Waals surface area contributed by atoms with Gasteiger partial charge in [-0.05, 0) is 102 Å². The molecule has 0 fully saturated rings. The van der Waals surface area contributed by atoms with E-state index in [1.807, 2.05) is 30.6 Å². The van der Waals surface area contributed by atoms with E-state index in [4.69, 9.17) is 0 Å². The minimum absolute atomic E-state index is 0.446. The topological polar surface area (TPSA) is 25.8 Å². The summed E-state index contributed by atoms with van der Waals surface area (Å²) in [7, 11) is 0. The Morgan fingerprint density at radius 2 is 1.65 bits per heavy atom. The third-order valence-electron chi connectivity index (χ3n) is 10.2. The van der Waals surface area contributed by atoms with Gasteiger partial charge in [-0.3, -0.25) is 9.97 Å². The number of unbranched alkanes of at least 4 members (excludes halogenated alkanes) is 1. The summed E-state index contributed by atoms with van der Waals surface area (Å²) in [6.07, 6.45) is 20.6. The van der Waals surface area contributed by atoms with Crippen molar-refractivity contribution in [3.63, 3.8) is 0 Å². The van der Waals surface area contributed by atoms with E-state index < -0.39 is 0 Å². The number of fused-ring (bicyclic) bond motifs is 1. The molecule has 5 unspecified atom stereocenters. The first kappa shape index (κ1) is 29.3. The van der Waals surface area contributed by atoms with E-state index in [1.54, 1.807) is 11.1 Å². The van der Waals surface area contributed by atoms with Gasteiger partial charge < -0.3 is 0 Å². The highest BCUT2D eigenvalue weighted by atomic mass is 14.8. The second kappa shape index (κ2) is 13.2. The second-order valence-electron chi connectivity index (χ2n) is 12.7. The third kappa shape index (κ3) is 5.77. The van der Waals surface area contributed by atoms with E-state index in [-0.39, 0.29) is 0 Å².